The number of nitrogens with one attached hydrogen (secondary N) is 3. The van der Waals surface area contributed by atoms with Crippen LogP contribution in [0.15, 0.2) is 45.3 Å². The van der Waals surface area contributed by atoms with Crippen LogP contribution in [0.1, 0.15) is 24.5 Å². The summed E-state index contributed by atoms with van der Waals surface area (Å²) in [4.78, 5) is 17.3. The van der Waals surface area contributed by atoms with Gasteiger partial charge in [-0.25, -0.2) is 0 Å². The van der Waals surface area contributed by atoms with Crippen LogP contribution in [0.25, 0.3) is 0 Å². The molecule has 3 N–H and O–H groups in total. The Labute approximate surface area is 146 Å². The van der Waals surface area contributed by atoms with E-state index in [0.29, 0.717) is 12.5 Å². The van der Waals surface area contributed by atoms with E-state index < -0.39 is 0 Å². The smallest absolute Gasteiger partial charge is 0.239 e. The van der Waals surface area contributed by atoms with Crippen molar-refractivity contribution in [2.24, 2.45) is 4.99 Å². The molecule has 0 fully saturated rings. The van der Waals surface area contributed by atoms with Crippen molar-refractivity contribution in [3.8, 4) is 0 Å². The number of thiophene rings is 1. The SMILES string of the molecule is CN=C(NCC(=O)NCc1ccco1)NCC(C)(C)c1cccs1. The quantitative estimate of drug-likeness (QED) is 0.529. The van der Waals surface area contributed by atoms with Gasteiger partial charge in [0.1, 0.15) is 5.76 Å². The van der Waals surface area contributed by atoms with E-state index in [1.54, 1.807) is 30.7 Å². The number of furan rings is 1. The summed E-state index contributed by atoms with van der Waals surface area (Å²) in [6.45, 7) is 5.61. The first-order valence-corrected chi connectivity index (χ1v) is 8.67. The van der Waals surface area contributed by atoms with Crippen molar-refractivity contribution in [2.45, 2.75) is 25.8 Å². The van der Waals surface area contributed by atoms with Crippen LogP contribution >= 0.6 is 11.3 Å². The maximum Gasteiger partial charge on any atom is 0.239 e. The van der Waals surface area contributed by atoms with E-state index in [-0.39, 0.29) is 17.9 Å². The first-order valence-electron chi connectivity index (χ1n) is 7.79. The van der Waals surface area contributed by atoms with E-state index in [1.807, 2.05) is 6.07 Å². The molecule has 0 aliphatic carbocycles. The molecule has 130 valence electrons. The third-order valence-corrected chi connectivity index (χ3v) is 4.80. The third-order valence-electron chi connectivity index (χ3n) is 3.57. The van der Waals surface area contributed by atoms with Crippen molar-refractivity contribution in [3.63, 3.8) is 0 Å². The van der Waals surface area contributed by atoms with Crippen molar-refractivity contribution >= 4 is 23.2 Å². The first-order chi connectivity index (χ1) is 11.5. The molecular weight excluding hydrogens is 324 g/mol. The normalized spacial score (nSPS) is 12.0. The van der Waals surface area contributed by atoms with Gasteiger partial charge in [0.25, 0.3) is 0 Å². The molecule has 2 aromatic heterocycles. The van der Waals surface area contributed by atoms with Crippen LogP contribution in [0.3, 0.4) is 0 Å². The Hall–Kier alpha value is -2.28. The van der Waals surface area contributed by atoms with E-state index in [4.69, 9.17) is 4.42 Å². The van der Waals surface area contributed by atoms with Crippen molar-refractivity contribution in [1.29, 1.82) is 0 Å². The maximum absolute atomic E-state index is 11.9. The number of hydrogen-bond donors (Lipinski definition) is 3. The lowest BCUT2D eigenvalue weighted by Gasteiger charge is -2.25. The molecule has 2 aromatic rings. The van der Waals surface area contributed by atoms with Crippen molar-refractivity contribution in [3.05, 3.63) is 46.5 Å². The summed E-state index contributed by atoms with van der Waals surface area (Å²) in [5, 5.41) is 11.1. The van der Waals surface area contributed by atoms with Gasteiger partial charge in [0, 0.05) is 23.9 Å². The lowest BCUT2D eigenvalue weighted by atomic mass is 9.91. The van der Waals surface area contributed by atoms with E-state index in [2.05, 4.69) is 52.3 Å². The molecule has 0 radical (unpaired) electrons. The molecule has 2 heterocycles. The molecule has 0 aliphatic heterocycles. The van der Waals surface area contributed by atoms with E-state index in [0.717, 1.165) is 12.3 Å². The van der Waals surface area contributed by atoms with Crippen LogP contribution in [0, 0.1) is 0 Å². The van der Waals surface area contributed by atoms with Crippen LogP contribution in [-0.4, -0.2) is 32.0 Å². The number of aliphatic imine (C=N–C) groups is 1. The zero-order valence-electron chi connectivity index (χ0n) is 14.3. The van der Waals surface area contributed by atoms with E-state index in [1.165, 1.54) is 4.88 Å². The fourth-order valence-electron chi connectivity index (χ4n) is 2.10. The monoisotopic (exact) mass is 348 g/mol. The zero-order valence-corrected chi connectivity index (χ0v) is 15.1. The minimum atomic E-state index is -0.119. The number of hydrogen-bond acceptors (Lipinski definition) is 4. The molecule has 0 saturated carbocycles. The van der Waals surface area contributed by atoms with Gasteiger partial charge in [-0.3, -0.25) is 9.79 Å². The summed E-state index contributed by atoms with van der Waals surface area (Å²) in [5.74, 6) is 1.21. The van der Waals surface area contributed by atoms with Crippen LogP contribution in [-0.2, 0) is 16.8 Å². The number of carbonyl (C=O) groups excluding carboxylic acids is 1. The van der Waals surface area contributed by atoms with Gasteiger partial charge in [-0.15, -0.1) is 11.3 Å². The highest BCUT2D eigenvalue weighted by Gasteiger charge is 2.22. The highest BCUT2D eigenvalue weighted by molar-refractivity contribution is 7.10. The second-order valence-corrected chi connectivity index (χ2v) is 6.94. The highest BCUT2D eigenvalue weighted by atomic mass is 32.1. The molecule has 0 aromatic carbocycles. The lowest BCUT2D eigenvalue weighted by molar-refractivity contribution is -0.120. The van der Waals surface area contributed by atoms with Crippen LogP contribution < -0.4 is 16.0 Å². The third kappa shape index (κ3) is 5.42. The van der Waals surface area contributed by atoms with Crippen molar-refractivity contribution in [1.82, 2.24) is 16.0 Å². The predicted octanol–water partition coefficient (Wildman–Crippen LogP) is 2.10. The van der Waals surface area contributed by atoms with Gasteiger partial charge in [-0.2, -0.15) is 0 Å². The largest absolute Gasteiger partial charge is 0.467 e. The van der Waals surface area contributed by atoms with Crippen molar-refractivity contribution < 1.29 is 9.21 Å². The van der Waals surface area contributed by atoms with Crippen LogP contribution in [0.2, 0.25) is 0 Å². The number of carbonyl (C=O) groups is 1. The Morgan fingerprint density at radius 1 is 1.25 bits per heavy atom. The Bertz CT molecular complexity index is 648. The number of nitrogens with zero attached hydrogens (tertiary/aromatic N) is 1. The topological polar surface area (TPSA) is 78.7 Å². The van der Waals surface area contributed by atoms with E-state index in [9.17, 15) is 4.79 Å². The summed E-state index contributed by atoms with van der Waals surface area (Å²) in [6, 6.07) is 7.80. The Morgan fingerprint density at radius 3 is 2.71 bits per heavy atom. The number of amides is 1. The maximum atomic E-state index is 11.9. The molecule has 1 amide bonds. The van der Waals surface area contributed by atoms with Gasteiger partial charge in [-0.05, 0) is 23.6 Å². The highest BCUT2D eigenvalue weighted by Crippen LogP contribution is 2.26. The van der Waals surface area contributed by atoms with Crippen LogP contribution in [0.4, 0.5) is 0 Å². The van der Waals surface area contributed by atoms with E-state index >= 15 is 0 Å². The average Bonchev–Trinajstić information content (AvgIpc) is 3.26. The van der Waals surface area contributed by atoms with Gasteiger partial charge in [0.2, 0.25) is 5.91 Å². The molecule has 0 atom stereocenters. The predicted molar refractivity (Wildman–Crippen MR) is 97.3 cm³/mol. The molecule has 0 saturated heterocycles. The summed E-state index contributed by atoms with van der Waals surface area (Å²) < 4.78 is 5.17. The molecule has 0 unspecified atom stereocenters. The molecule has 7 heteroatoms. The molecule has 0 bridgehead atoms. The Morgan fingerprint density at radius 2 is 2.08 bits per heavy atom. The van der Waals surface area contributed by atoms with Crippen LogP contribution in [0.5, 0.6) is 0 Å². The van der Waals surface area contributed by atoms with Gasteiger partial charge < -0.3 is 20.4 Å². The molecule has 6 nitrogen and oxygen atoms in total. The van der Waals surface area contributed by atoms with Gasteiger partial charge >= 0.3 is 0 Å². The summed E-state index contributed by atoms with van der Waals surface area (Å²) >= 11 is 1.74. The average molecular weight is 348 g/mol. The first kappa shape index (κ1) is 18.1. The summed E-state index contributed by atoms with van der Waals surface area (Å²) in [7, 11) is 1.69. The standard InChI is InChI=1S/C17H24N4O2S/c1-17(2,14-7-5-9-24-14)12-21-16(18-3)20-11-15(22)19-10-13-6-4-8-23-13/h4-9H,10-12H2,1-3H3,(H,19,22)(H2,18,20,21). The molecule has 2 rings (SSSR count). The summed E-state index contributed by atoms with van der Waals surface area (Å²) in [5.41, 5.74) is -0.00661. The fourth-order valence-corrected chi connectivity index (χ4v) is 2.95. The minimum absolute atomic E-state index is 0.00661. The molecular formula is C17H24N4O2S. The Balaban J connectivity index is 1.73. The van der Waals surface area contributed by atoms with Gasteiger partial charge in [0.05, 0.1) is 19.4 Å². The second-order valence-electron chi connectivity index (χ2n) is 6.00. The van der Waals surface area contributed by atoms with Gasteiger partial charge in [0.15, 0.2) is 5.96 Å². The van der Waals surface area contributed by atoms with Crippen molar-refractivity contribution in [2.75, 3.05) is 20.1 Å². The second kappa shape index (κ2) is 8.54. The zero-order chi connectivity index (χ0) is 17.4. The fraction of sp³-hybridized carbons (Fsp3) is 0.412. The number of guanidine groups is 1. The molecule has 0 spiro atoms. The lowest BCUT2D eigenvalue weighted by Crippen LogP contribution is -2.46. The minimum Gasteiger partial charge on any atom is -0.467 e. The Kier molecular flexibility index (Phi) is 6.43. The molecule has 0 aliphatic rings. The van der Waals surface area contributed by atoms with Gasteiger partial charge in [-0.1, -0.05) is 19.9 Å². The number of rotatable bonds is 7. The summed E-state index contributed by atoms with van der Waals surface area (Å²) in [6.07, 6.45) is 1.58. The molecule has 24 heavy (non-hydrogen) atoms.